The van der Waals surface area contributed by atoms with Gasteiger partial charge in [-0.15, -0.1) is 0 Å². The summed E-state index contributed by atoms with van der Waals surface area (Å²) in [6.45, 7) is 0.383. The van der Waals surface area contributed by atoms with Gasteiger partial charge in [0.1, 0.15) is 0 Å². The summed E-state index contributed by atoms with van der Waals surface area (Å²) >= 11 is 0. The Hall–Kier alpha value is -3.01. The molecule has 0 bridgehead atoms. The maximum Gasteiger partial charge on any atom is 0.418 e. The maximum absolute atomic E-state index is 13.7. The van der Waals surface area contributed by atoms with Crippen molar-refractivity contribution in [3.8, 4) is 0 Å². The summed E-state index contributed by atoms with van der Waals surface area (Å²) in [7, 11) is 0. The monoisotopic (exact) mass is 351 g/mol. The van der Waals surface area contributed by atoms with Crippen molar-refractivity contribution in [1.82, 2.24) is 0 Å². The van der Waals surface area contributed by atoms with Crippen molar-refractivity contribution in [2.45, 2.75) is 6.18 Å². The number of hydrogen-bond donors (Lipinski definition) is 0. The summed E-state index contributed by atoms with van der Waals surface area (Å²) in [5, 5.41) is 0. The Morgan fingerprint density at radius 2 is 1.38 bits per heavy atom. The van der Waals surface area contributed by atoms with Gasteiger partial charge in [-0.2, -0.15) is 13.2 Å². The molecule has 0 N–H and O–H groups in total. The first-order chi connectivity index (χ1) is 12.6. The Morgan fingerprint density at radius 1 is 0.731 bits per heavy atom. The fourth-order valence-corrected chi connectivity index (χ4v) is 3.40. The summed E-state index contributed by atoms with van der Waals surface area (Å²) in [5.74, 6) is 0. The minimum absolute atomic E-state index is 0.215. The first-order valence-electron chi connectivity index (χ1n) is 8.34. The highest BCUT2D eigenvalue weighted by atomic mass is 19.4. The van der Waals surface area contributed by atoms with Crippen LogP contribution in [0.2, 0.25) is 0 Å². The number of benzene rings is 3. The van der Waals surface area contributed by atoms with E-state index < -0.39 is 11.7 Å². The highest BCUT2D eigenvalue weighted by Crippen LogP contribution is 2.46. The fourth-order valence-electron chi connectivity index (χ4n) is 3.40. The largest absolute Gasteiger partial charge is 0.418 e. The highest BCUT2D eigenvalue weighted by molar-refractivity contribution is 5.92. The molecule has 4 rings (SSSR count). The second kappa shape index (κ2) is 6.37. The van der Waals surface area contributed by atoms with E-state index in [0.29, 0.717) is 12.1 Å². The lowest BCUT2D eigenvalue weighted by molar-refractivity contribution is -0.137. The van der Waals surface area contributed by atoms with E-state index in [1.165, 1.54) is 6.07 Å². The quantitative estimate of drug-likeness (QED) is 0.524. The molecule has 1 heterocycles. The second-order valence-corrected chi connectivity index (χ2v) is 6.13. The van der Waals surface area contributed by atoms with E-state index in [2.05, 4.69) is 0 Å². The van der Waals surface area contributed by atoms with Crippen molar-refractivity contribution in [1.29, 1.82) is 0 Å². The topological polar surface area (TPSA) is 3.24 Å². The highest BCUT2D eigenvalue weighted by Gasteiger charge is 2.37. The average molecular weight is 351 g/mol. The van der Waals surface area contributed by atoms with Gasteiger partial charge in [-0.05, 0) is 29.3 Å². The van der Waals surface area contributed by atoms with E-state index in [0.717, 1.165) is 22.9 Å². The van der Waals surface area contributed by atoms with E-state index in [1.807, 2.05) is 66.7 Å². The molecule has 0 unspecified atom stereocenters. The molecule has 130 valence electrons. The minimum atomic E-state index is -4.42. The van der Waals surface area contributed by atoms with Gasteiger partial charge in [-0.1, -0.05) is 66.7 Å². The molecule has 3 aromatic rings. The Bertz CT molecular complexity index is 944. The van der Waals surface area contributed by atoms with E-state index >= 15 is 0 Å². The summed E-state index contributed by atoms with van der Waals surface area (Å²) in [6, 6.07) is 23.1. The van der Waals surface area contributed by atoms with Crippen LogP contribution in [0.5, 0.6) is 0 Å². The number of nitrogens with zero attached hydrogens (tertiary/aromatic N) is 1. The van der Waals surface area contributed by atoms with Gasteiger partial charge in [0.2, 0.25) is 0 Å². The van der Waals surface area contributed by atoms with Crippen molar-refractivity contribution >= 4 is 16.9 Å². The Balaban J connectivity index is 1.95. The van der Waals surface area contributed by atoms with E-state index in [9.17, 15) is 13.2 Å². The van der Waals surface area contributed by atoms with Crippen molar-refractivity contribution in [3.63, 3.8) is 0 Å². The van der Waals surface area contributed by atoms with Gasteiger partial charge < -0.3 is 4.90 Å². The van der Waals surface area contributed by atoms with E-state index in [4.69, 9.17) is 0 Å². The predicted molar refractivity (Wildman–Crippen MR) is 98.4 cm³/mol. The van der Waals surface area contributed by atoms with E-state index in [-0.39, 0.29) is 5.69 Å². The zero-order valence-corrected chi connectivity index (χ0v) is 13.9. The predicted octanol–water partition coefficient (Wildman–Crippen LogP) is 6.29. The fraction of sp³-hybridized carbons (Fsp3) is 0.0909. The van der Waals surface area contributed by atoms with Crippen LogP contribution in [0.3, 0.4) is 0 Å². The first-order valence-corrected chi connectivity index (χ1v) is 8.34. The zero-order valence-electron chi connectivity index (χ0n) is 13.9. The molecule has 1 aliphatic heterocycles. The van der Waals surface area contributed by atoms with Crippen LogP contribution in [0.25, 0.3) is 5.57 Å². The van der Waals surface area contributed by atoms with E-state index in [1.54, 1.807) is 11.0 Å². The normalized spacial score (nSPS) is 14.0. The molecule has 0 amide bonds. The molecule has 0 fully saturated rings. The van der Waals surface area contributed by atoms with Gasteiger partial charge in [-0.3, -0.25) is 0 Å². The number of rotatable bonds is 2. The van der Waals surface area contributed by atoms with Gasteiger partial charge in [0.15, 0.2) is 0 Å². The van der Waals surface area contributed by atoms with Gasteiger partial charge >= 0.3 is 6.18 Å². The molecule has 4 heteroatoms. The van der Waals surface area contributed by atoms with Crippen molar-refractivity contribution in [3.05, 3.63) is 102 Å². The number of anilines is 2. The third kappa shape index (κ3) is 2.88. The third-order valence-electron chi connectivity index (χ3n) is 4.53. The maximum atomic E-state index is 13.7. The molecule has 0 spiro atoms. The molecule has 1 aliphatic rings. The number of halogens is 3. The Kier molecular flexibility index (Phi) is 4.03. The molecule has 1 nitrogen and oxygen atoms in total. The zero-order chi connectivity index (χ0) is 18.1. The van der Waals surface area contributed by atoms with Crippen molar-refractivity contribution in [2.75, 3.05) is 11.4 Å². The molecular formula is C22H16F3N. The van der Waals surface area contributed by atoms with Gasteiger partial charge in [-0.25, -0.2) is 0 Å². The van der Waals surface area contributed by atoms with Crippen LogP contribution in [0.1, 0.15) is 16.7 Å². The molecular weight excluding hydrogens is 335 g/mol. The third-order valence-corrected chi connectivity index (χ3v) is 4.53. The standard InChI is InChI=1S/C22H16F3N/c23-22(24,25)20-13-7-12-19-18(16-8-3-1-4-9-16)14-15-26(21(19)20)17-10-5-2-6-11-17/h1-14H,15H2. The van der Waals surface area contributed by atoms with Crippen LogP contribution in [0.4, 0.5) is 24.5 Å². The number of para-hydroxylation sites is 2. The molecule has 26 heavy (non-hydrogen) atoms. The lowest BCUT2D eigenvalue weighted by Gasteiger charge is -2.33. The molecule has 0 aliphatic carbocycles. The average Bonchev–Trinajstić information content (AvgIpc) is 2.67. The Morgan fingerprint density at radius 3 is 2.04 bits per heavy atom. The summed E-state index contributed by atoms with van der Waals surface area (Å²) in [6.07, 6.45) is -2.43. The first kappa shape index (κ1) is 16.5. The van der Waals surface area contributed by atoms with Crippen molar-refractivity contribution in [2.24, 2.45) is 0 Å². The molecule has 0 aromatic heterocycles. The smallest absolute Gasteiger partial charge is 0.337 e. The lowest BCUT2D eigenvalue weighted by Crippen LogP contribution is -2.25. The van der Waals surface area contributed by atoms with Crippen LogP contribution in [0.15, 0.2) is 84.9 Å². The summed E-state index contributed by atoms with van der Waals surface area (Å²) in [4.78, 5) is 1.73. The SMILES string of the molecule is FC(F)(F)c1cccc2c1N(c1ccccc1)CC=C2c1ccccc1. The summed E-state index contributed by atoms with van der Waals surface area (Å²) in [5.41, 5.74) is 2.70. The molecule has 0 saturated heterocycles. The van der Waals surface area contributed by atoms with Crippen LogP contribution in [-0.4, -0.2) is 6.54 Å². The van der Waals surface area contributed by atoms with Gasteiger partial charge in [0.05, 0.1) is 11.3 Å². The van der Waals surface area contributed by atoms with Crippen LogP contribution in [0, 0.1) is 0 Å². The minimum Gasteiger partial charge on any atom is -0.337 e. The summed E-state index contributed by atoms with van der Waals surface area (Å²) < 4.78 is 41.2. The number of fused-ring (bicyclic) bond motifs is 1. The van der Waals surface area contributed by atoms with Gasteiger partial charge in [0, 0.05) is 17.8 Å². The van der Waals surface area contributed by atoms with Crippen molar-refractivity contribution < 1.29 is 13.2 Å². The molecule has 0 saturated carbocycles. The molecule has 3 aromatic carbocycles. The Labute approximate surface area is 150 Å². The number of alkyl halides is 3. The lowest BCUT2D eigenvalue weighted by atomic mass is 9.90. The molecule has 0 atom stereocenters. The van der Waals surface area contributed by atoms with Gasteiger partial charge in [0.25, 0.3) is 0 Å². The van der Waals surface area contributed by atoms with Crippen LogP contribution in [-0.2, 0) is 6.18 Å². The molecule has 0 radical (unpaired) electrons. The van der Waals surface area contributed by atoms with Crippen LogP contribution < -0.4 is 4.90 Å². The van der Waals surface area contributed by atoms with Crippen LogP contribution >= 0.6 is 0 Å². The number of hydrogen-bond acceptors (Lipinski definition) is 1. The second-order valence-electron chi connectivity index (χ2n) is 6.13.